The van der Waals surface area contributed by atoms with Crippen LogP contribution in [0.2, 0.25) is 0 Å². The predicted octanol–water partition coefficient (Wildman–Crippen LogP) is 1.48. The average Bonchev–Trinajstić information content (AvgIpc) is 1.87. The van der Waals surface area contributed by atoms with Gasteiger partial charge in [-0.25, -0.2) is 0 Å². The van der Waals surface area contributed by atoms with E-state index in [9.17, 15) is 0 Å². The third kappa shape index (κ3) is 1.55. The molecule has 0 saturated carbocycles. The van der Waals surface area contributed by atoms with E-state index in [0.29, 0.717) is 5.25 Å². The molecule has 0 aromatic carbocycles. The minimum atomic E-state index is -0.0972. The van der Waals surface area contributed by atoms with Crippen molar-refractivity contribution in [3.05, 3.63) is 0 Å². The highest BCUT2D eigenvalue weighted by atomic mass is 33.1. The van der Waals surface area contributed by atoms with Gasteiger partial charge >= 0.3 is 0 Å². The van der Waals surface area contributed by atoms with Crippen LogP contribution >= 0.6 is 21.6 Å². The number of rotatable bonds is 0. The summed E-state index contributed by atoms with van der Waals surface area (Å²) in [6, 6.07) is 0. The van der Waals surface area contributed by atoms with Crippen LogP contribution in [0.25, 0.3) is 0 Å². The maximum atomic E-state index is 8.84. The molecule has 2 atom stereocenters. The molecule has 1 fully saturated rings. The first-order chi connectivity index (χ1) is 3.29. The second-order valence-corrected chi connectivity index (χ2v) is 4.58. The fourth-order valence-corrected chi connectivity index (χ4v) is 3.01. The summed E-state index contributed by atoms with van der Waals surface area (Å²) >= 11 is 0. The molecule has 1 N–H and O–H groups in total. The lowest BCUT2D eigenvalue weighted by Crippen LogP contribution is -1.97. The minimum absolute atomic E-state index is 0.0972. The lowest BCUT2D eigenvalue weighted by molar-refractivity contribution is 0.258. The summed E-state index contributed by atoms with van der Waals surface area (Å²) in [7, 11) is 3.35. The molecule has 0 spiro atoms. The molecule has 0 aromatic rings. The normalized spacial score (nSPS) is 42.0. The van der Waals surface area contributed by atoms with Crippen molar-refractivity contribution in [2.24, 2.45) is 0 Å². The molecule has 42 valence electrons. The Morgan fingerprint density at radius 1 is 1.57 bits per heavy atom. The lowest BCUT2D eigenvalue weighted by atomic mass is 10.3. The Bertz CT molecular complexity index is 58.7. The van der Waals surface area contributed by atoms with E-state index in [0.717, 1.165) is 6.42 Å². The summed E-state index contributed by atoms with van der Waals surface area (Å²) in [4.78, 5) is 0. The Morgan fingerprint density at radius 3 is 2.43 bits per heavy atom. The summed E-state index contributed by atoms with van der Waals surface area (Å²) in [6.07, 6.45) is 0.954. The molecule has 0 bridgehead atoms. The van der Waals surface area contributed by atoms with E-state index >= 15 is 0 Å². The van der Waals surface area contributed by atoms with Gasteiger partial charge in [-0.3, -0.25) is 0 Å². The van der Waals surface area contributed by atoms with Gasteiger partial charge in [-0.2, -0.15) is 0 Å². The van der Waals surface area contributed by atoms with Crippen LogP contribution in [0.3, 0.4) is 0 Å². The molecule has 0 amide bonds. The topological polar surface area (TPSA) is 20.2 Å². The number of hydrogen-bond donors (Lipinski definition) is 1. The van der Waals surface area contributed by atoms with Crippen LogP contribution in [-0.2, 0) is 0 Å². The first kappa shape index (κ1) is 5.79. The van der Waals surface area contributed by atoms with Crippen molar-refractivity contribution in [3.8, 4) is 0 Å². The molecule has 0 aromatic heterocycles. The molecule has 1 saturated heterocycles. The summed E-state index contributed by atoms with van der Waals surface area (Å²) in [6.45, 7) is 2.13. The largest absolute Gasteiger partial charge is 0.382 e. The fraction of sp³-hybridized carbons (Fsp3) is 1.00. The van der Waals surface area contributed by atoms with Gasteiger partial charge in [0, 0.05) is 5.25 Å². The highest BCUT2D eigenvalue weighted by molar-refractivity contribution is 8.77. The summed E-state index contributed by atoms with van der Waals surface area (Å²) < 4.78 is 0. The van der Waals surface area contributed by atoms with Gasteiger partial charge in [0.1, 0.15) is 5.44 Å². The molecule has 2 unspecified atom stereocenters. The zero-order valence-electron chi connectivity index (χ0n) is 4.13. The van der Waals surface area contributed by atoms with Crippen LogP contribution in [0, 0.1) is 0 Å². The molecule has 1 aliphatic heterocycles. The monoisotopic (exact) mass is 136 g/mol. The van der Waals surface area contributed by atoms with Gasteiger partial charge in [-0.05, 0) is 6.42 Å². The number of aliphatic hydroxyl groups excluding tert-OH is 1. The Morgan fingerprint density at radius 2 is 2.29 bits per heavy atom. The van der Waals surface area contributed by atoms with Crippen molar-refractivity contribution in [2.45, 2.75) is 24.0 Å². The molecule has 1 rings (SSSR count). The SMILES string of the molecule is CC1CC(O)SS1. The van der Waals surface area contributed by atoms with Crippen molar-refractivity contribution in [1.29, 1.82) is 0 Å². The molecular weight excluding hydrogens is 128 g/mol. The fourth-order valence-electron chi connectivity index (χ4n) is 0.521. The Kier molecular flexibility index (Phi) is 1.89. The third-order valence-corrected chi connectivity index (χ3v) is 3.90. The van der Waals surface area contributed by atoms with E-state index in [2.05, 4.69) is 6.92 Å². The van der Waals surface area contributed by atoms with Crippen LogP contribution in [0.4, 0.5) is 0 Å². The van der Waals surface area contributed by atoms with Crippen molar-refractivity contribution >= 4 is 21.6 Å². The van der Waals surface area contributed by atoms with E-state index in [1.54, 1.807) is 21.6 Å². The van der Waals surface area contributed by atoms with Gasteiger partial charge in [-0.15, -0.1) is 0 Å². The molecule has 1 aliphatic rings. The summed E-state index contributed by atoms with van der Waals surface area (Å²) in [5.74, 6) is 0. The molecule has 3 heteroatoms. The zero-order chi connectivity index (χ0) is 5.28. The van der Waals surface area contributed by atoms with E-state index in [-0.39, 0.29) is 5.44 Å². The average molecular weight is 136 g/mol. The van der Waals surface area contributed by atoms with Gasteiger partial charge in [0.2, 0.25) is 0 Å². The summed E-state index contributed by atoms with van der Waals surface area (Å²) in [5, 5.41) is 9.49. The second kappa shape index (κ2) is 2.29. The van der Waals surface area contributed by atoms with E-state index in [1.165, 1.54) is 0 Å². The Hall–Kier alpha value is 0.660. The van der Waals surface area contributed by atoms with Crippen LogP contribution < -0.4 is 0 Å². The van der Waals surface area contributed by atoms with Gasteiger partial charge < -0.3 is 5.11 Å². The quantitative estimate of drug-likeness (QED) is 0.509. The smallest absolute Gasteiger partial charge is 0.110 e. The lowest BCUT2D eigenvalue weighted by Gasteiger charge is -1.92. The minimum Gasteiger partial charge on any atom is -0.382 e. The van der Waals surface area contributed by atoms with Crippen LogP contribution in [0.5, 0.6) is 0 Å². The van der Waals surface area contributed by atoms with Gasteiger partial charge in [-0.1, -0.05) is 28.5 Å². The maximum absolute atomic E-state index is 8.84. The first-order valence-electron chi connectivity index (χ1n) is 2.29. The highest BCUT2D eigenvalue weighted by Crippen LogP contribution is 2.41. The highest BCUT2D eigenvalue weighted by Gasteiger charge is 2.19. The standard InChI is InChI=1S/C4H8OS2/c1-3-2-4(5)7-6-3/h3-5H,2H2,1H3. The van der Waals surface area contributed by atoms with Crippen molar-refractivity contribution < 1.29 is 5.11 Å². The molecule has 7 heavy (non-hydrogen) atoms. The van der Waals surface area contributed by atoms with Gasteiger partial charge in [0.15, 0.2) is 0 Å². The van der Waals surface area contributed by atoms with Crippen LogP contribution in [0.15, 0.2) is 0 Å². The molecule has 1 heterocycles. The Labute approximate surface area is 51.3 Å². The van der Waals surface area contributed by atoms with E-state index < -0.39 is 0 Å². The van der Waals surface area contributed by atoms with Crippen LogP contribution in [0.1, 0.15) is 13.3 Å². The number of hydrogen-bond acceptors (Lipinski definition) is 3. The third-order valence-electron chi connectivity index (χ3n) is 0.864. The molecule has 0 aliphatic carbocycles. The summed E-state index contributed by atoms with van der Waals surface area (Å²) in [5.41, 5.74) is -0.0972. The van der Waals surface area contributed by atoms with Crippen molar-refractivity contribution in [3.63, 3.8) is 0 Å². The Balaban J connectivity index is 2.26. The molecule has 0 radical (unpaired) electrons. The molecular formula is C4H8OS2. The van der Waals surface area contributed by atoms with E-state index in [4.69, 9.17) is 5.11 Å². The second-order valence-electron chi connectivity index (χ2n) is 1.69. The van der Waals surface area contributed by atoms with Crippen molar-refractivity contribution in [2.75, 3.05) is 0 Å². The molecule has 1 nitrogen and oxygen atoms in total. The first-order valence-corrected chi connectivity index (χ1v) is 4.57. The zero-order valence-corrected chi connectivity index (χ0v) is 5.76. The van der Waals surface area contributed by atoms with E-state index in [1.807, 2.05) is 0 Å². The van der Waals surface area contributed by atoms with Crippen molar-refractivity contribution in [1.82, 2.24) is 0 Å². The van der Waals surface area contributed by atoms with Gasteiger partial charge in [0.05, 0.1) is 0 Å². The number of aliphatic hydroxyl groups is 1. The van der Waals surface area contributed by atoms with Gasteiger partial charge in [0.25, 0.3) is 0 Å². The van der Waals surface area contributed by atoms with Crippen LogP contribution in [-0.4, -0.2) is 15.8 Å². The predicted molar refractivity (Wildman–Crippen MR) is 35.3 cm³/mol. The maximum Gasteiger partial charge on any atom is 0.110 e.